The Morgan fingerprint density at radius 2 is 1.91 bits per heavy atom. The third-order valence-electron chi connectivity index (χ3n) is 9.60. The van der Waals surface area contributed by atoms with Crippen LogP contribution in [0.1, 0.15) is 59.3 Å². The first-order valence-corrected chi connectivity index (χ1v) is 11.9. The van der Waals surface area contributed by atoms with Gasteiger partial charge in [-0.15, -0.1) is 0 Å². The molecule has 32 heavy (non-hydrogen) atoms. The summed E-state index contributed by atoms with van der Waals surface area (Å²) < 4.78 is 25.6. The van der Waals surface area contributed by atoms with Gasteiger partial charge in [0.1, 0.15) is 7.11 Å². The summed E-state index contributed by atoms with van der Waals surface area (Å²) in [6.07, 6.45) is 1.77. The van der Waals surface area contributed by atoms with Crippen LogP contribution in [0.5, 0.6) is 0 Å². The molecule has 0 heterocycles. The maximum absolute atomic E-state index is 12.8. The SMILES string of the molecule is CO/N=C1\C=C2C(CC[C@]3(C)[C@@H](C(C)NCC(F)F)CC[C@@]23O)[C@@]2(C)CC(O)[C@H](O)C[C@@H]12. The zero-order valence-corrected chi connectivity index (χ0v) is 19.5. The molecule has 4 rings (SSSR count). The number of alkyl halides is 2. The van der Waals surface area contributed by atoms with E-state index < -0.39 is 29.6 Å². The molecule has 0 aromatic carbocycles. The minimum absolute atomic E-state index is 0.0617. The molecule has 4 N–H and O–H groups in total. The van der Waals surface area contributed by atoms with Crippen molar-refractivity contribution in [2.24, 2.45) is 33.7 Å². The summed E-state index contributed by atoms with van der Waals surface area (Å²) in [5, 5.41) is 40.4. The van der Waals surface area contributed by atoms with Crippen molar-refractivity contribution in [3.05, 3.63) is 11.6 Å². The number of oxime groups is 1. The molecule has 6 nitrogen and oxygen atoms in total. The molecule has 0 radical (unpaired) electrons. The highest BCUT2D eigenvalue weighted by Crippen LogP contribution is 2.67. The largest absolute Gasteiger partial charge is 0.399 e. The van der Waals surface area contributed by atoms with E-state index in [0.29, 0.717) is 25.0 Å². The van der Waals surface area contributed by atoms with Crippen LogP contribution in [0.25, 0.3) is 0 Å². The highest BCUT2D eigenvalue weighted by Gasteiger charge is 2.66. The van der Waals surface area contributed by atoms with Gasteiger partial charge in [-0.25, -0.2) is 8.78 Å². The summed E-state index contributed by atoms with van der Waals surface area (Å²) in [5.74, 6) is 0.0678. The molecule has 3 saturated carbocycles. The van der Waals surface area contributed by atoms with Crippen LogP contribution in [0.15, 0.2) is 16.8 Å². The second-order valence-corrected chi connectivity index (χ2v) is 11.0. The molecule has 3 fully saturated rings. The molecule has 0 aromatic heterocycles. The number of hydrogen-bond acceptors (Lipinski definition) is 6. The predicted octanol–water partition coefficient (Wildman–Crippen LogP) is 2.87. The quantitative estimate of drug-likeness (QED) is 0.478. The van der Waals surface area contributed by atoms with Crippen LogP contribution in [0.2, 0.25) is 0 Å². The normalized spacial score (nSPS) is 48.1. The second-order valence-electron chi connectivity index (χ2n) is 11.0. The number of fused-ring (bicyclic) bond motifs is 5. The van der Waals surface area contributed by atoms with Crippen LogP contribution in [0.3, 0.4) is 0 Å². The summed E-state index contributed by atoms with van der Waals surface area (Å²) in [4.78, 5) is 5.14. The molecule has 9 atom stereocenters. The Labute approximate surface area is 189 Å². The van der Waals surface area contributed by atoms with E-state index in [1.807, 2.05) is 13.0 Å². The van der Waals surface area contributed by atoms with Gasteiger partial charge >= 0.3 is 0 Å². The molecule has 0 spiro atoms. The van der Waals surface area contributed by atoms with Crippen molar-refractivity contribution in [2.75, 3.05) is 13.7 Å². The van der Waals surface area contributed by atoms with E-state index in [1.165, 1.54) is 7.11 Å². The van der Waals surface area contributed by atoms with E-state index in [0.717, 1.165) is 24.8 Å². The fourth-order valence-corrected chi connectivity index (χ4v) is 7.85. The Balaban J connectivity index is 1.72. The fourth-order valence-electron chi connectivity index (χ4n) is 7.85. The summed E-state index contributed by atoms with van der Waals surface area (Å²) in [6, 6.07) is -0.133. The van der Waals surface area contributed by atoms with Gasteiger partial charge in [0.25, 0.3) is 6.43 Å². The summed E-state index contributed by atoms with van der Waals surface area (Å²) in [5.41, 5.74) is -0.220. The number of aliphatic hydroxyl groups is 3. The van der Waals surface area contributed by atoms with E-state index in [-0.39, 0.29) is 35.8 Å². The summed E-state index contributed by atoms with van der Waals surface area (Å²) in [7, 11) is 1.49. The van der Waals surface area contributed by atoms with E-state index in [2.05, 4.69) is 24.3 Å². The van der Waals surface area contributed by atoms with E-state index in [9.17, 15) is 24.1 Å². The second kappa shape index (κ2) is 8.29. The Bertz CT molecular complexity index is 792. The lowest BCUT2D eigenvalue weighted by molar-refractivity contribution is -0.121. The molecule has 4 aliphatic carbocycles. The molecular weight excluding hydrogens is 418 g/mol. The summed E-state index contributed by atoms with van der Waals surface area (Å²) >= 11 is 0. The Morgan fingerprint density at radius 3 is 2.56 bits per heavy atom. The van der Waals surface area contributed by atoms with Gasteiger partial charge < -0.3 is 25.5 Å². The Hall–Kier alpha value is -1.09. The molecule has 182 valence electrons. The maximum Gasteiger partial charge on any atom is 0.250 e. The average Bonchev–Trinajstić information content (AvgIpc) is 3.00. The Kier molecular flexibility index (Phi) is 6.23. The van der Waals surface area contributed by atoms with Gasteiger partial charge in [0.05, 0.1) is 30.1 Å². The standard InChI is InChI=1S/C24H38F2N2O4/c1-13(27-12-21(25)26)14-6-8-24(31)16-9-18(28-32-4)17-10-19(29)20(30)11-22(17,2)15(16)5-7-23(14,24)3/h9,13-15,17,19-21,27,29-31H,5-8,10-12H2,1-4H3/b28-18+/t13?,14-,15?,17+,19-,20?,22-,23-,24-/m1/s1. The van der Waals surface area contributed by atoms with Gasteiger partial charge in [-0.1, -0.05) is 19.0 Å². The van der Waals surface area contributed by atoms with Gasteiger partial charge in [0.15, 0.2) is 0 Å². The van der Waals surface area contributed by atoms with Crippen LogP contribution >= 0.6 is 0 Å². The average molecular weight is 457 g/mol. The third kappa shape index (κ3) is 3.44. The monoisotopic (exact) mass is 456 g/mol. The van der Waals surface area contributed by atoms with Crippen LogP contribution in [-0.2, 0) is 4.84 Å². The van der Waals surface area contributed by atoms with Crippen LogP contribution < -0.4 is 5.32 Å². The number of nitrogens with one attached hydrogen (secondary N) is 1. The molecular formula is C24H38F2N2O4. The summed E-state index contributed by atoms with van der Waals surface area (Å²) in [6.45, 7) is 5.84. The lowest BCUT2D eigenvalue weighted by atomic mass is 9.46. The van der Waals surface area contributed by atoms with E-state index in [1.54, 1.807) is 0 Å². The predicted molar refractivity (Wildman–Crippen MR) is 117 cm³/mol. The maximum atomic E-state index is 12.8. The number of halogens is 2. The lowest BCUT2D eigenvalue weighted by Gasteiger charge is -2.60. The van der Waals surface area contributed by atoms with Crippen molar-refractivity contribution in [2.45, 2.75) is 89.6 Å². The van der Waals surface area contributed by atoms with Crippen molar-refractivity contribution < 1.29 is 28.9 Å². The zero-order chi connectivity index (χ0) is 23.5. The van der Waals surface area contributed by atoms with Crippen LogP contribution in [0, 0.1) is 28.6 Å². The fraction of sp³-hybridized carbons (Fsp3) is 0.875. The van der Waals surface area contributed by atoms with Crippen molar-refractivity contribution in [1.82, 2.24) is 5.32 Å². The molecule has 8 heteroatoms. The molecule has 0 aromatic rings. The van der Waals surface area contributed by atoms with Crippen LogP contribution in [0.4, 0.5) is 8.78 Å². The molecule has 4 aliphatic rings. The lowest BCUT2D eigenvalue weighted by Crippen LogP contribution is -2.61. The zero-order valence-electron chi connectivity index (χ0n) is 19.5. The number of nitrogens with zero attached hydrogens (tertiary/aromatic N) is 1. The minimum Gasteiger partial charge on any atom is -0.399 e. The topological polar surface area (TPSA) is 94.3 Å². The number of allylic oxidation sites excluding steroid dienone is 1. The molecule has 3 unspecified atom stereocenters. The highest BCUT2D eigenvalue weighted by atomic mass is 19.3. The number of rotatable bonds is 5. The van der Waals surface area contributed by atoms with E-state index >= 15 is 0 Å². The first-order valence-electron chi connectivity index (χ1n) is 11.9. The molecule has 0 saturated heterocycles. The highest BCUT2D eigenvalue weighted by molar-refractivity contribution is 5.99. The molecule has 0 amide bonds. The van der Waals surface area contributed by atoms with Crippen molar-refractivity contribution >= 4 is 5.71 Å². The van der Waals surface area contributed by atoms with Gasteiger partial charge in [-0.3, -0.25) is 0 Å². The minimum atomic E-state index is -2.40. The van der Waals surface area contributed by atoms with Gasteiger partial charge in [-0.2, -0.15) is 0 Å². The van der Waals surface area contributed by atoms with E-state index in [4.69, 9.17) is 4.84 Å². The number of aliphatic hydroxyl groups excluding tert-OH is 2. The first-order chi connectivity index (χ1) is 15.0. The molecule has 0 bridgehead atoms. The van der Waals surface area contributed by atoms with Gasteiger partial charge in [0, 0.05) is 17.4 Å². The van der Waals surface area contributed by atoms with Crippen molar-refractivity contribution in [3.63, 3.8) is 0 Å². The first kappa shape index (κ1) is 24.0. The van der Waals surface area contributed by atoms with Crippen molar-refractivity contribution in [1.29, 1.82) is 0 Å². The van der Waals surface area contributed by atoms with Gasteiger partial charge in [0.2, 0.25) is 0 Å². The smallest absolute Gasteiger partial charge is 0.250 e. The number of hydrogen-bond donors (Lipinski definition) is 4. The van der Waals surface area contributed by atoms with Crippen molar-refractivity contribution in [3.8, 4) is 0 Å². The third-order valence-corrected chi connectivity index (χ3v) is 9.60. The molecule has 0 aliphatic heterocycles. The van der Waals surface area contributed by atoms with Crippen LogP contribution in [-0.4, -0.2) is 65.0 Å². The van der Waals surface area contributed by atoms with Gasteiger partial charge in [-0.05, 0) is 74.3 Å². The Morgan fingerprint density at radius 1 is 1.19 bits per heavy atom.